The predicted octanol–water partition coefficient (Wildman–Crippen LogP) is -0.407. The third-order valence-electron chi connectivity index (χ3n) is 4.43. The highest BCUT2D eigenvalue weighted by molar-refractivity contribution is 5.75. The summed E-state index contributed by atoms with van der Waals surface area (Å²) in [6, 6.07) is 0. The van der Waals surface area contributed by atoms with E-state index in [1.807, 2.05) is 0 Å². The zero-order valence-electron chi connectivity index (χ0n) is 12.1. The molecule has 0 aliphatic carbocycles. The van der Waals surface area contributed by atoms with E-state index in [1.165, 1.54) is 15.6 Å². The first-order valence-electron chi connectivity index (χ1n) is 6.98. The predicted molar refractivity (Wildman–Crippen MR) is 73.1 cm³/mol. The number of carbonyl (C=O) groups excluding carboxylic acids is 1. The van der Waals surface area contributed by atoms with Gasteiger partial charge in [0.05, 0.1) is 0 Å². The summed E-state index contributed by atoms with van der Waals surface area (Å²) < 4.78 is 2.52. The summed E-state index contributed by atoms with van der Waals surface area (Å²) in [6.45, 7) is 3.49. The number of aliphatic hydroxyl groups excluding tert-OH is 1. The zero-order chi connectivity index (χ0) is 14.8. The quantitative estimate of drug-likeness (QED) is 0.814. The Morgan fingerprint density at radius 2 is 2.10 bits per heavy atom. The molecule has 1 aliphatic rings. The summed E-state index contributed by atoms with van der Waals surface area (Å²) in [7, 11) is 1.61. The van der Waals surface area contributed by atoms with Crippen LogP contribution in [0.25, 0.3) is 0 Å². The first-order chi connectivity index (χ1) is 9.51. The molecule has 0 aromatic carbocycles. The van der Waals surface area contributed by atoms with Gasteiger partial charge >= 0.3 is 5.69 Å². The molecule has 7 nitrogen and oxygen atoms in total. The second-order valence-electron chi connectivity index (χ2n) is 5.57. The Bertz CT molecular complexity index is 520. The molecule has 2 heterocycles. The molecular formula is C13H22N4O3. The molecular weight excluding hydrogens is 260 g/mol. The Morgan fingerprint density at radius 1 is 1.45 bits per heavy atom. The number of amides is 1. The Hall–Kier alpha value is -1.63. The maximum absolute atomic E-state index is 12.2. The van der Waals surface area contributed by atoms with Crippen molar-refractivity contribution < 1.29 is 9.90 Å². The van der Waals surface area contributed by atoms with Gasteiger partial charge < -0.3 is 10.0 Å². The second kappa shape index (κ2) is 5.78. The van der Waals surface area contributed by atoms with E-state index < -0.39 is 0 Å². The highest BCUT2D eigenvalue weighted by Crippen LogP contribution is 2.34. The van der Waals surface area contributed by atoms with Crippen LogP contribution in [0, 0.1) is 5.41 Å². The zero-order valence-corrected chi connectivity index (χ0v) is 12.1. The minimum atomic E-state index is -0.284. The van der Waals surface area contributed by atoms with Gasteiger partial charge in [-0.15, -0.1) is 0 Å². The summed E-state index contributed by atoms with van der Waals surface area (Å²) in [5, 5.41) is 13.4. The number of aryl methyl sites for hydroxylation is 1. The van der Waals surface area contributed by atoms with Gasteiger partial charge in [0.2, 0.25) is 5.91 Å². The van der Waals surface area contributed by atoms with Crippen molar-refractivity contribution in [3.63, 3.8) is 0 Å². The number of aromatic nitrogens is 3. The lowest BCUT2D eigenvalue weighted by molar-refractivity contribution is -0.135. The molecule has 7 heteroatoms. The maximum atomic E-state index is 12.2. The molecule has 0 saturated carbocycles. The molecule has 0 spiro atoms. The standard InChI is InChI=1S/C13H22N4O3/c1-3-13(9-18)4-6-16(7-5-13)11(19)8-17-12(20)15(2)10-14-17/h10,18H,3-9H2,1-2H3. The highest BCUT2D eigenvalue weighted by Gasteiger charge is 2.33. The fraction of sp³-hybridized carbons (Fsp3) is 0.769. The van der Waals surface area contributed by atoms with E-state index in [4.69, 9.17) is 0 Å². The molecule has 1 aromatic rings. The van der Waals surface area contributed by atoms with Gasteiger partial charge in [-0.25, -0.2) is 9.48 Å². The molecule has 1 N–H and O–H groups in total. The summed E-state index contributed by atoms with van der Waals surface area (Å²) in [5.41, 5.74) is -0.327. The molecule has 112 valence electrons. The largest absolute Gasteiger partial charge is 0.396 e. The average molecular weight is 282 g/mol. The first kappa shape index (κ1) is 14.8. The lowest BCUT2D eigenvalue weighted by atomic mass is 9.77. The lowest BCUT2D eigenvalue weighted by Gasteiger charge is -2.40. The number of aliphatic hydroxyl groups is 1. The van der Waals surface area contributed by atoms with E-state index in [2.05, 4.69) is 12.0 Å². The smallest absolute Gasteiger partial charge is 0.345 e. The van der Waals surface area contributed by atoms with Crippen LogP contribution in [0.3, 0.4) is 0 Å². The van der Waals surface area contributed by atoms with Crippen LogP contribution < -0.4 is 5.69 Å². The van der Waals surface area contributed by atoms with Gasteiger partial charge in [0.15, 0.2) is 0 Å². The number of hydrogen-bond donors (Lipinski definition) is 1. The van der Waals surface area contributed by atoms with Crippen molar-refractivity contribution in [2.75, 3.05) is 19.7 Å². The van der Waals surface area contributed by atoms with Gasteiger partial charge in [0.25, 0.3) is 0 Å². The van der Waals surface area contributed by atoms with Crippen molar-refractivity contribution >= 4 is 5.91 Å². The summed E-state index contributed by atoms with van der Waals surface area (Å²) in [6.07, 6.45) is 3.94. The molecule has 0 radical (unpaired) electrons. The first-order valence-corrected chi connectivity index (χ1v) is 6.98. The maximum Gasteiger partial charge on any atom is 0.345 e. The van der Waals surface area contributed by atoms with E-state index in [1.54, 1.807) is 11.9 Å². The van der Waals surface area contributed by atoms with Crippen LogP contribution in [-0.2, 0) is 18.4 Å². The average Bonchev–Trinajstić information content (AvgIpc) is 2.79. The highest BCUT2D eigenvalue weighted by atomic mass is 16.3. The van der Waals surface area contributed by atoms with Crippen molar-refractivity contribution in [1.29, 1.82) is 0 Å². The Labute approximate surface area is 117 Å². The number of hydrogen-bond acceptors (Lipinski definition) is 4. The van der Waals surface area contributed by atoms with Crippen LogP contribution in [0.15, 0.2) is 11.1 Å². The summed E-state index contributed by atoms with van der Waals surface area (Å²) in [5.74, 6) is -0.0894. The van der Waals surface area contributed by atoms with Gasteiger partial charge in [0, 0.05) is 26.7 Å². The number of rotatable bonds is 4. The van der Waals surface area contributed by atoms with E-state index in [-0.39, 0.29) is 30.2 Å². The van der Waals surface area contributed by atoms with Crippen LogP contribution in [0.2, 0.25) is 0 Å². The van der Waals surface area contributed by atoms with Crippen molar-refractivity contribution in [1.82, 2.24) is 19.2 Å². The minimum absolute atomic E-state index is 0.0159. The number of carbonyl (C=O) groups is 1. The van der Waals surface area contributed by atoms with Crippen molar-refractivity contribution in [2.24, 2.45) is 12.5 Å². The van der Waals surface area contributed by atoms with Gasteiger partial charge in [0.1, 0.15) is 12.9 Å². The van der Waals surface area contributed by atoms with E-state index in [0.717, 1.165) is 19.3 Å². The number of piperidine rings is 1. The van der Waals surface area contributed by atoms with Gasteiger partial charge in [-0.3, -0.25) is 9.36 Å². The molecule has 1 aromatic heterocycles. The van der Waals surface area contributed by atoms with Gasteiger partial charge in [-0.1, -0.05) is 6.92 Å². The molecule has 1 saturated heterocycles. The van der Waals surface area contributed by atoms with Crippen molar-refractivity contribution in [2.45, 2.75) is 32.7 Å². The fourth-order valence-corrected chi connectivity index (χ4v) is 2.61. The SMILES string of the molecule is CCC1(CO)CCN(C(=O)Cn2ncn(C)c2=O)CC1. The minimum Gasteiger partial charge on any atom is -0.396 e. The third kappa shape index (κ3) is 2.77. The molecule has 20 heavy (non-hydrogen) atoms. The van der Waals surface area contributed by atoms with E-state index in [0.29, 0.717) is 13.1 Å². The monoisotopic (exact) mass is 282 g/mol. The Morgan fingerprint density at radius 3 is 2.55 bits per heavy atom. The molecule has 0 atom stereocenters. The fourth-order valence-electron chi connectivity index (χ4n) is 2.61. The number of likely N-dealkylation sites (tertiary alicyclic amines) is 1. The molecule has 2 rings (SSSR count). The van der Waals surface area contributed by atoms with Gasteiger partial charge in [-0.2, -0.15) is 5.10 Å². The Kier molecular flexibility index (Phi) is 4.27. The molecule has 1 fully saturated rings. The van der Waals surface area contributed by atoms with Crippen molar-refractivity contribution in [3.8, 4) is 0 Å². The van der Waals surface area contributed by atoms with Gasteiger partial charge in [-0.05, 0) is 24.7 Å². The third-order valence-corrected chi connectivity index (χ3v) is 4.43. The van der Waals surface area contributed by atoms with Crippen LogP contribution >= 0.6 is 0 Å². The normalized spacial score (nSPS) is 18.2. The molecule has 1 amide bonds. The number of nitrogens with zero attached hydrogens (tertiary/aromatic N) is 4. The summed E-state index contributed by atoms with van der Waals surface area (Å²) >= 11 is 0. The van der Waals surface area contributed by atoms with Crippen LogP contribution in [-0.4, -0.2) is 50.0 Å². The topological polar surface area (TPSA) is 80.4 Å². The molecule has 0 bridgehead atoms. The Balaban J connectivity index is 1.95. The summed E-state index contributed by atoms with van der Waals surface area (Å²) in [4.78, 5) is 25.6. The van der Waals surface area contributed by atoms with Crippen LogP contribution in [0.4, 0.5) is 0 Å². The van der Waals surface area contributed by atoms with E-state index >= 15 is 0 Å². The van der Waals surface area contributed by atoms with Crippen LogP contribution in [0.5, 0.6) is 0 Å². The van der Waals surface area contributed by atoms with Crippen molar-refractivity contribution in [3.05, 3.63) is 16.8 Å². The lowest BCUT2D eigenvalue weighted by Crippen LogP contribution is -2.46. The second-order valence-corrected chi connectivity index (χ2v) is 5.57. The van der Waals surface area contributed by atoms with Crippen LogP contribution in [0.1, 0.15) is 26.2 Å². The molecule has 1 aliphatic heterocycles. The van der Waals surface area contributed by atoms with E-state index in [9.17, 15) is 14.7 Å². The molecule has 0 unspecified atom stereocenters.